The number of piperazine rings is 1. The second-order valence-corrected chi connectivity index (χ2v) is 11.1. The summed E-state index contributed by atoms with van der Waals surface area (Å²) in [5.74, 6) is 0.456. The highest BCUT2D eigenvalue weighted by Crippen LogP contribution is 2.26. The van der Waals surface area contributed by atoms with Crippen molar-refractivity contribution in [3.8, 4) is 5.75 Å². The van der Waals surface area contributed by atoms with E-state index in [1.165, 1.54) is 25.9 Å². The lowest BCUT2D eigenvalue weighted by atomic mass is 10.1. The molecule has 0 spiro atoms. The molecule has 3 rings (SSSR count). The molecule has 0 unspecified atom stereocenters. The maximum Gasteiger partial charge on any atom is 0.248 e. The average Bonchev–Trinajstić information content (AvgIpc) is 3.33. The van der Waals surface area contributed by atoms with Gasteiger partial charge in [-0.2, -0.15) is 0 Å². The Balaban J connectivity index is 1.30. The van der Waals surface area contributed by atoms with Gasteiger partial charge in [0.2, 0.25) is 5.91 Å². The van der Waals surface area contributed by atoms with E-state index in [0.29, 0.717) is 28.3 Å². The van der Waals surface area contributed by atoms with Gasteiger partial charge in [-0.1, -0.05) is 0 Å². The fourth-order valence-electron chi connectivity index (χ4n) is 4.70. The molecule has 1 N–H and O–H groups in total. The maximum absolute atomic E-state index is 12.8. The zero-order valence-corrected chi connectivity index (χ0v) is 21.7. The average molecular weight is 497 g/mol. The molecule has 10 heteroatoms. The number of carbonyl (C=O) groups excluding carboxylic acids is 1. The van der Waals surface area contributed by atoms with Gasteiger partial charge in [0.25, 0.3) is 0 Å². The number of amides is 1. The Morgan fingerprint density at radius 2 is 1.56 bits per heavy atom. The summed E-state index contributed by atoms with van der Waals surface area (Å²) in [7, 11) is -1.93. The molecular formula is C24H40N4O5S. The van der Waals surface area contributed by atoms with Crippen molar-refractivity contribution in [2.24, 2.45) is 0 Å². The number of rotatable bonds is 12. The third kappa shape index (κ3) is 7.64. The van der Waals surface area contributed by atoms with Crippen LogP contribution in [0.25, 0.3) is 0 Å². The van der Waals surface area contributed by atoms with E-state index in [2.05, 4.69) is 15.1 Å². The summed E-state index contributed by atoms with van der Waals surface area (Å²) in [5, 5.41) is 2.92. The number of nitrogens with zero attached hydrogens (tertiary/aromatic N) is 3. The molecule has 0 saturated carbocycles. The zero-order valence-electron chi connectivity index (χ0n) is 20.8. The predicted octanol–water partition coefficient (Wildman–Crippen LogP) is 0.889. The molecule has 2 aliphatic heterocycles. The summed E-state index contributed by atoms with van der Waals surface area (Å²) in [6, 6.07) is 3.45. The number of aryl methyl sites for hydroxylation is 2. The standard InChI is InChI=1S/C24H40N4O5S/c1-20-16-22(32-3)17-21(2)24(20)34(30,31)19-25-6-15-33-18-23(29)28-13-11-27(12-14-28)10-9-26-7-4-5-8-26/h16-17,25H,4-15,18-19H2,1-3H3. The molecule has 34 heavy (non-hydrogen) atoms. The van der Waals surface area contributed by atoms with Crippen LogP contribution in [0, 0.1) is 13.8 Å². The first-order valence-electron chi connectivity index (χ1n) is 12.2. The third-order valence-electron chi connectivity index (χ3n) is 6.58. The number of nitrogens with one attached hydrogen (secondary N) is 1. The highest BCUT2D eigenvalue weighted by molar-refractivity contribution is 7.91. The Morgan fingerprint density at radius 3 is 2.15 bits per heavy atom. The largest absolute Gasteiger partial charge is 0.497 e. The molecule has 0 aliphatic carbocycles. The number of hydrogen-bond acceptors (Lipinski definition) is 8. The highest BCUT2D eigenvalue weighted by atomic mass is 32.2. The molecule has 0 atom stereocenters. The van der Waals surface area contributed by atoms with Gasteiger partial charge in [0.15, 0.2) is 9.84 Å². The van der Waals surface area contributed by atoms with E-state index in [4.69, 9.17) is 9.47 Å². The Bertz CT molecular complexity index is 887. The van der Waals surface area contributed by atoms with Gasteiger partial charge in [-0.25, -0.2) is 8.42 Å². The van der Waals surface area contributed by atoms with E-state index in [-0.39, 0.29) is 25.0 Å². The fraction of sp³-hybridized carbons (Fsp3) is 0.708. The van der Waals surface area contributed by atoms with Crippen LogP contribution in [0.4, 0.5) is 0 Å². The minimum absolute atomic E-state index is 0.00343. The van der Waals surface area contributed by atoms with Crippen molar-refractivity contribution in [2.45, 2.75) is 31.6 Å². The molecule has 2 aliphatic rings. The number of likely N-dealkylation sites (tertiary alicyclic amines) is 1. The van der Waals surface area contributed by atoms with Crippen molar-refractivity contribution in [3.05, 3.63) is 23.3 Å². The first kappa shape index (κ1) is 26.9. The zero-order chi connectivity index (χ0) is 24.6. The van der Waals surface area contributed by atoms with Gasteiger partial charge in [0.05, 0.1) is 18.6 Å². The lowest BCUT2D eigenvalue weighted by Gasteiger charge is -2.35. The van der Waals surface area contributed by atoms with Gasteiger partial charge in [-0.3, -0.25) is 9.69 Å². The number of methoxy groups -OCH3 is 1. The molecule has 1 aromatic rings. The molecule has 0 radical (unpaired) electrons. The SMILES string of the molecule is COc1cc(C)c(S(=O)(=O)CNCCOCC(=O)N2CCN(CCN3CCCC3)CC2)c(C)c1. The fourth-order valence-corrected chi connectivity index (χ4v) is 6.36. The monoisotopic (exact) mass is 496 g/mol. The topological polar surface area (TPSA) is 91.4 Å². The molecular weight excluding hydrogens is 456 g/mol. The second kappa shape index (κ2) is 12.8. The minimum Gasteiger partial charge on any atom is -0.497 e. The Labute approximate surface area is 204 Å². The smallest absolute Gasteiger partial charge is 0.248 e. The molecule has 0 bridgehead atoms. The van der Waals surface area contributed by atoms with Gasteiger partial charge in [-0.05, 0) is 63.0 Å². The minimum atomic E-state index is -3.49. The van der Waals surface area contributed by atoms with Gasteiger partial charge in [0, 0.05) is 45.8 Å². The normalized spacial score (nSPS) is 17.9. The van der Waals surface area contributed by atoms with Crippen molar-refractivity contribution >= 4 is 15.7 Å². The quantitative estimate of drug-likeness (QED) is 0.427. The van der Waals surface area contributed by atoms with E-state index in [9.17, 15) is 13.2 Å². The van der Waals surface area contributed by atoms with Gasteiger partial charge < -0.3 is 24.6 Å². The molecule has 2 saturated heterocycles. The van der Waals surface area contributed by atoms with Crippen LogP contribution in [0.5, 0.6) is 5.75 Å². The number of ether oxygens (including phenoxy) is 2. The molecule has 192 valence electrons. The summed E-state index contributed by atoms with van der Waals surface area (Å²) >= 11 is 0. The highest BCUT2D eigenvalue weighted by Gasteiger charge is 2.22. The maximum atomic E-state index is 12.8. The van der Waals surface area contributed by atoms with Crippen LogP contribution in [-0.2, 0) is 19.4 Å². The second-order valence-electron chi connectivity index (χ2n) is 9.17. The number of carbonyl (C=O) groups is 1. The van der Waals surface area contributed by atoms with E-state index < -0.39 is 9.84 Å². The van der Waals surface area contributed by atoms with Crippen LogP contribution in [0.1, 0.15) is 24.0 Å². The molecule has 0 aromatic heterocycles. The summed E-state index contributed by atoms with van der Waals surface area (Å²) in [4.78, 5) is 19.6. The van der Waals surface area contributed by atoms with Crippen LogP contribution in [0.15, 0.2) is 17.0 Å². The lowest BCUT2D eigenvalue weighted by Crippen LogP contribution is -2.51. The van der Waals surface area contributed by atoms with Gasteiger partial charge in [0.1, 0.15) is 18.2 Å². The number of sulfone groups is 1. The van der Waals surface area contributed by atoms with E-state index in [1.807, 2.05) is 4.90 Å². The number of hydrogen-bond donors (Lipinski definition) is 1. The third-order valence-corrected chi connectivity index (χ3v) is 8.43. The summed E-state index contributed by atoms with van der Waals surface area (Å²) in [6.07, 6.45) is 2.63. The van der Waals surface area contributed by atoms with Crippen molar-refractivity contribution in [2.75, 3.05) is 85.1 Å². The molecule has 1 aromatic carbocycles. The molecule has 9 nitrogen and oxygen atoms in total. The van der Waals surface area contributed by atoms with Crippen molar-refractivity contribution in [1.29, 1.82) is 0 Å². The Kier molecular flexibility index (Phi) is 10.1. The van der Waals surface area contributed by atoms with E-state index in [0.717, 1.165) is 39.3 Å². The Hall–Kier alpha value is -1.72. The van der Waals surface area contributed by atoms with Gasteiger partial charge in [-0.15, -0.1) is 0 Å². The van der Waals surface area contributed by atoms with Crippen LogP contribution in [0.3, 0.4) is 0 Å². The summed E-state index contributed by atoms with van der Waals surface area (Å²) < 4.78 is 36.2. The van der Waals surface area contributed by atoms with Crippen LogP contribution in [-0.4, -0.2) is 114 Å². The first-order chi connectivity index (χ1) is 16.3. The number of benzene rings is 1. The van der Waals surface area contributed by atoms with Crippen molar-refractivity contribution in [3.63, 3.8) is 0 Å². The summed E-state index contributed by atoms with van der Waals surface area (Å²) in [6.45, 7) is 12.1. The van der Waals surface area contributed by atoms with Gasteiger partial charge >= 0.3 is 0 Å². The molecule has 2 fully saturated rings. The molecule has 2 heterocycles. The van der Waals surface area contributed by atoms with E-state index in [1.54, 1.807) is 33.1 Å². The van der Waals surface area contributed by atoms with Crippen LogP contribution in [0.2, 0.25) is 0 Å². The Morgan fingerprint density at radius 1 is 0.971 bits per heavy atom. The van der Waals surface area contributed by atoms with Crippen LogP contribution < -0.4 is 10.1 Å². The predicted molar refractivity (Wildman–Crippen MR) is 132 cm³/mol. The van der Waals surface area contributed by atoms with Crippen LogP contribution >= 0.6 is 0 Å². The summed E-state index contributed by atoms with van der Waals surface area (Å²) in [5.41, 5.74) is 1.33. The first-order valence-corrected chi connectivity index (χ1v) is 13.8. The van der Waals surface area contributed by atoms with Crippen molar-refractivity contribution in [1.82, 2.24) is 20.0 Å². The lowest BCUT2D eigenvalue weighted by molar-refractivity contribution is -0.137. The van der Waals surface area contributed by atoms with E-state index >= 15 is 0 Å². The molecule has 1 amide bonds. The van der Waals surface area contributed by atoms with Crippen molar-refractivity contribution < 1.29 is 22.7 Å².